The van der Waals surface area contributed by atoms with Gasteiger partial charge in [0.1, 0.15) is 12.4 Å². The zero-order valence-electron chi connectivity index (χ0n) is 19.8. The maximum absolute atomic E-state index is 12.4. The molecule has 0 saturated carbocycles. The molecule has 1 aromatic heterocycles. The van der Waals surface area contributed by atoms with Crippen LogP contribution in [0.1, 0.15) is 29.7 Å². The Kier molecular flexibility index (Phi) is 7.31. The predicted molar refractivity (Wildman–Crippen MR) is 144 cm³/mol. The number of nitrogens with zero attached hydrogens (tertiary/aromatic N) is 2. The summed E-state index contributed by atoms with van der Waals surface area (Å²) in [6.45, 7) is 1.17. The zero-order chi connectivity index (χ0) is 24.9. The van der Waals surface area contributed by atoms with Gasteiger partial charge in [0, 0.05) is 22.5 Å². The molecule has 5 rings (SSSR count). The van der Waals surface area contributed by atoms with E-state index in [4.69, 9.17) is 16.3 Å². The van der Waals surface area contributed by atoms with Gasteiger partial charge in [-0.15, -0.1) is 0 Å². The molecule has 182 valence electrons. The number of rotatable bonds is 8. The molecule has 1 fully saturated rings. The normalized spacial score (nSPS) is 16.2. The average molecular weight is 499 g/mol. The zero-order valence-corrected chi connectivity index (χ0v) is 20.6. The molecule has 0 unspecified atom stereocenters. The van der Waals surface area contributed by atoms with Crippen molar-refractivity contribution < 1.29 is 14.6 Å². The molecule has 1 aliphatic heterocycles. The molecule has 0 aliphatic carbocycles. The first kappa shape index (κ1) is 24.0. The van der Waals surface area contributed by atoms with Crippen molar-refractivity contribution >= 4 is 40.1 Å². The van der Waals surface area contributed by atoms with E-state index in [1.54, 1.807) is 0 Å². The van der Waals surface area contributed by atoms with Gasteiger partial charge in [0.2, 0.25) is 0 Å². The Morgan fingerprint density at radius 1 is 1.00 bits per heavy atom. The third kappa shape index (κ3) is 5.13. The summed E-state index contributed by atoms with van der Waals surface area (Å²) in [5.74, 6) is 0.696. The first-order chi connectivity index (χ1) is 17.7. The van der Waals surface area contributed by atoms with Gasteiger partial charge in [0.05, 0.1) is 29.6 Å². The van der Waals surface area contributed by atoms with Crippen LogP contribution in [0.4, 0.5) is 0 Å². The quantitative estimate of drug-likeness (QED) is 0.184. The number of para-hydroxylation sites is 1. The lowest BCUT2D eigenvalue weighted by Gasteiger charge is -2.30. The van der Waals surface area contributed by atoms with Gasteiger partial charge < -0.3 is 14.7 Å². The molecule has 6 heteroatoms. The molecule has 0 bridgehead atoms. The Balaban J connectivity index is 1.42. The summed E-state index contributed by atoms with van der Waals surface area (Å²) in [6.07, 6.45) is 2.74. The Morgan fingerprint density at radius 2 is 1.75 bits per heavy atom. The van der Waals surface area contributed by atoms with E-state index in [0.717, 1.165) is 59.1 Å². The van der Waals surface area contributed by atoms with E-state index in [-0.39, 0.29) is 12.6 Å². The smallest absolute Gasteiger partial charge is 0.152 e. The fraction of sp³-hybridized carbons (Fsp3) is 0.200. The number of carbonyl (C=O) groups excluding carboxylic acids is 1. The largest absolute Gasteiger partial charge is 0.487 e. The van der Waals surface area contributed by atoms with Crippen molar-refractivity contribution in [2.45, 2.75) is 25.5 Å². The van der Waals surface area contributed by atoms with Crippen LogP contribution in [-0.4, -0.2) is 40.5 Å². The molecule has 36 heavy (non-hydrogen) atoms. The Bertz CT molecular complexity index is 1380. The third-order valence-electron chi connectivity index (χ3n) is 6.57. The van der Waals surface area contributed by atoms with E-state index in [2.05, 4.69) is 9.88 Å². The van der Waals surface area contributed by atoms with Gasteiger partial charge in [-0.2, -0.15) is 0 Å². The monoisotopic (exact) mass is 498 g/mol. The Hall–Kier alpha value is -3.67. The van der Waals surface area contributed by atoms with E-state index in [1.807, 2.05) is 84.9 Å². The summed E-state index contributed by atoms with van der Waals surface area (Å²) in [5, 5.41) is 11.7. The highest BCUT2D eigenvalue weighted by atomic mass is 35.5. The second kappa shape index (κ2) is 10.9. The number of aliphatic hydroxyl groups is 1. The van der Waals surface area contributed by atoms with Crippen LogP contribution in [0, 0.1) is 0 Å². The van der Waals surface area contributed by atoms with Gasteiger partial charge in [-0.25, -0.2) is 4.98 Å². The van der Waals surface area contributed by atoms with Gasteiger partial charge in [-0.05, 0) is 60.4 Å². The number of hydrogen-bond acceptors (Lipinski definition) is 5. The van der Waals surface area contributed by atoms with Gasteiger partial charge in [0.25, 0.3) is 0 Å². The highest BCUT2D eigenvalue weighted by Crippen LogP contribution is 2.35. The Morgan fingerprint density at radius 3 is 2.50 bits per heavy atom. The molecular formula is C30H27ClN2O3. The highest BCUT2D eigenvalue weighted by molar-refractivity contribution is 6.30. The number of ether oxygens (including phenoxy) is 1. The molecule has 4 aromatic rings. The average Bonchev–Trinajstić information content (AvgIpc) is 3.40. The minimum atomic E-state index is -0.0253. The van der Waals surface area contributed by atoms with Gasteiger partial charge in [0.15, 0.2) is 6.29 Å². The van der Waals surface area contributed by atoms with E-state index < -0.39 is 0 Å². The van der Waals surface area contributed by atoms with Crippen LogP contribution in [0.25, 0.3) is 22.2 Å². The number of pyridine rings is 1. The van der Waals surface area contributed by atoms with Crippen molar-refractivity contribution in [3.63, 3.8) is 0 Å². The molecule has 3 aromatic carbocycles. The van der Waals surface area contributed by atoms with Crippen molar-refractivity contribution in [1.29, 1.82) is 0 Å². The standard InChI is InChI=1S/C30H27ClN2O3/c31-24-12-7-23(8-13-24)30(33-17-3-5-26(33)18-34)28(19-35)21-10-15-27(16-11-21)36-20-25-14-9-22-4-1-2-6-29(22)32-25/h1-2,4,6-16,19,26,34H,3,5,17-18,20H2/t26-/m1/s1. The molecular weight excluding hydrogens is 472 g/mol. The van der Waals surface area contributed by atoms with Crippen molar-refractivity contribution in [1.82, 2.24) is 9.88 Å². The van der Waals surface area contributed by atoms with Crippen molar-refractivity contribution in [3.05, 3.63) is 107 Å². The SMILES string of the molecule is O=CC(=C(c1ccc(Cl)cc1)N1CCC[C@@H]1CO)c1ccc(OCc2ccc3ccccc3n2)cc1. The molecule has 1 saturated heterocycles. The van der Waals surface area contributed by atoms with Gasteiger partial charge in [-0.1, -0.05) is 60.1 Å². The van der Waals surface area contributed by atoms with E-state index in [9.17, 15) is 9.90 Å². The number of halogens is 1. The molecule has 0 spiro atoms. The summed E-state index contributed by atoms with van der Waals surface area (Å²) in [5.41, 5.74) is 4.85. The van der Waals surface area contributed by atoms with Gasteiger partial charge >= 0.3 is 0 Å². The molecule has 1 aliphatic rings. The molecule has 0 radical (unpaired) electrons. The number of likely N-dealkylation sites (tertiary alicyclic amines) is 1. The summed E-state index contributed by atoms with van der Waals surface area (Å²) in [4.78, 5) is 19.2. The second-order valence-electron chi connectivity index (χ2n) is 8.87. The van der Waals surface area contributed by atoms with Crippen LogP contribution in [0.2, 0.25) is 5.02 Å². The fourth-order valence-electron chi connectivity index (χ4n) is 4.74. The van der Waals surface area contributed by atoms with Crippen LogP contribution in [0.3, 0.4) is 0 Å². The number of allylic oxidation sites excluding steroid dienone is 1. The minimum absolute atomic E-state index is 0.0253. The van der Waals surface area contributed by atoms with Crippen LogP contribution in [0.5, 0.6) is 5.75 Å². The minimum Gasteiger partial charge on any atom is -0.487 e. The molecule has 1 N–H and O–H groups in total. The number of fused-ring (bicyclic) bond motifs is 1. The lowest BCUT2D eigenvalue weighted by molar-refractivity contribution is -0.103. The van der Waals surface area contributed by atoms with Crippen molar-refractivity contribution in [3.8, 4) is 5.75 Å². The Labute approximate surface area is 215 Å². The number of benzene rings is 3. The van der Waals surface area contributed by atoms with Crippen LogP contribution in [-0.2, 0) is 11.4 Å². The molecule has 1 atom stereocenters. The maximum Gasteiger partial charge on any atom is 0.152 e. The number of carbonyl (C=O) groups is 1. The lowest BCUT2D eigenvalue weighted by atomic mass is 9.98. The first-order valence-corrected chi connectivity index (χ1v) is 12.4. The summed E-state index contributed by atoms with van der Waals surface area (Å²) in [6, 6.07) is 27.0. The summed E-state index contributed by atoms with van der Waals surface area (Å²) < 4.78 is 5.98. The first-order valence-electron chi connectivity index (χ1n) is 12.1. The van der Waals surface area contributed by atoms with Crippen LogP contribution >= 0.6 is 11.6 Å². The number of aldehydes is 1. The van der Waals surface area contributed by atoms with Gasteiger partial charge in [-0.3, -0.25) is 4.79 Å². The highest BCUT2D eigenvalue weighted by Gasteiger charge is 2.29. The molecule has 5 nitrogen and oxygen atoms in total. The van der Waals surface area contributed by atoms with Crippen LogP contribution in [0.15, 0.2) is 84.9 Å². The maximum atomic E-state index is 12.4. The molecule has 2 heterocycles. The summed E-state index contributed by atoms with van der Waals surface area (Å²) in [7, 11) is 0. The summed E-state index contributed by atoms with van der Waals surface area (Å²) >= 11 is 6.12. The van der Waals surface area contributed by atoms with Crippen molar-refractivity contribution in [2.75, 3.05) is 13.2 Å². The number of hydrogen-bond donors (Lipinski definition) is 1. The second-order valence-corrected chi connectivity index (χ2v) is 9.30. The van der Waals surface area contributed by atoms with Crippen LogP contribution < -0.4 is 4.74 Å². The van der Waals surface area contributed by atoms with E-state index >= 15 is 0 Å². The lowest BCUT2D eigenvalue weighted by Crippen LogP contribution is -2.31. The number of aliphatic hydroxyl groups excluding tert-OH is 1. The fourth-order valence-corrected chi connectivity index (χ4v) is 4.87. The van der Waals surface area contributed by atoms with Crippen molar-refractivity contribution in [2.24, 2.45) is 0 Å². The predicted octanol–water partition coefficient (Wildman–Crippen LogP) is 5.99. The number of aromatic nitrogens is 1. The van der Waals surface area contributed by atoms with E-state index in [1.165, 1.54) is 0 Å². The third-order valence-corrected chi connectivity index (χ3v) is 6.83. The topological polar surface area (TPSA) is 62.7 Å². The molecule has 0 amide bonds. The van der Waals surface area contributed by atoms with E-state index in [0.29, 0.717) is 23.0 Å².